The molecule has 2 fully saturated rings. The molecule has 16 nitrogen and oxygen atoms in total. The Hall–Kier alpha value is -5.40. The molecule has 7 rings (SSSR count). The number of aliphatic hydroxyl groups excluding tert-OH is 1. The molecule has 3 aromatic carbocycles. The highest BCUT2D eigenvalue weighted by molar-refractivity contribution is 7.91. The van der Waals surface area contributed by atoms with Gasteiger partial charge in [0.25, 0.3) is 10.7 Å². The Morgan fingerprint density at radius 1 is 0.983 bits per heavy atom. The Balaban J connectivity index is 1.28. The number of amides is 1. The van der Waals surface area contributed by atoms with Crippen molar-refractivity contribution in [3.05, 3.63) is 112 Å². The van der Waals surface area contributed by atoms with Crippen LogP contribution in [0.2, 0.25) is 0 Å². The van der Waals surface area contributed by atoms with E-state index in [0.717, 1.165) is 16.7 Å². The summed E-state index contributed by atoms with van der Waals surface area (Å²) in [6.07, 6.45) is -3.54. The Morgan fingerprint density at radius 3 is 2.14 bits per heavy atom. The molecule has 2 saturated heterocycles. The third-order valence-corrected chi connectivity index (χ3v) is 12.2. The molecule has 0 radical (unpaired) electrons. The van der Waals surface area contributed by atoms with Crippen LogP contribution in [0.1, 0.15) is 36.8 Å². The summed E-state index contributed by atoms with van der Waals surface area (Å²) in [5.74, 6) is 0.195. The molecule has 2 aliphatic heterocycles. The molecule has 0 spiro atoms. The van der Waals surface area contributed by atoms with Gasteiger partial charge in [0.15, 0.2) is 33.3 Å². The average Bonchev–Trinajstić information content (AvgIpc) is 3.79. The number of hydrogen-bond acceptors (Lipinski definition) is 13. The second kappa shape index (κ2) is 16.8. The number of benzene rings is 3. The number of nitrogens with zero attached hydrogens (tertiary/aromatic N) is 4. The lowest BCUT2D eigenvalue weighted by atomic mass is 9.80. The molecule has 4 atom stereocenters. The van der Waals surface area contributed by atoms with E-state index in [9.17, 15) is 23.1 Å². The second-order valence-electron chi connectivity index (χ2n) is 14.2. The maximum atomic E-state index is 13.2. The van der Waals surface area contributed by atoms with Crippen LogP contribution in [-0.2, 0) is 34.4 Å². The SMILES string of the molecule is COc1ccc(C(OC[C@H]2O[C@@H](n3cnc4c(=O)[nH]c(NC(=O)C(C)C)nc43)C(OC(=S)N3CCS(=O)(=O)CC3)[C@H]2O)(c2ccccc2)c2ccc(OC)cc2)cc1. The number of thiocarbonyl (C=S) groups is 1. The third kappa shape index (κ3) is 8.15. The molecule has 0 aliphatic carbocycles. The van der Waals surface area contributed by atoms with Crippen LogP contribution in [0.5, 0.6) is 11.5 Å². The summed E-state index contributed by atoms with van der Waals surface area (Å²) in [7, 11) is -0.0578. The van der Waals surface area contributed by atoms with Crippen LogP contribution < -0.4 is 20.3 Å². The fourth-order valence-corrected chi connectivity index (χ4v) is 8.50. The van der Waals surface area contributed by atoms with Crippen molar-refractivity contribution >= 4 is 50.2 Å². The van der Waals surface area contributed by atoms with Gasteiger partial charge in [0.2, 0.25) is 11.9 Å². The van der Waals surface area contributed by atoms with Crippen molar-refractivity contribution in [3.63, 3.8) is 0 Å². The lowest BCUT2D eigenvalue weighted by Crippen LogP contribution is -2.47. The van der Waals surface area contributed by atoms with E-state index >= 15 is 0 Å². The van der Waals surface area contributed by atoms with E-state index in [-0.39, 0.29) is 59.4 Å². The molecule has 1 amide bonds. The summed E-state index contributed by atoms with van der Waals surface area (Å²) in [4.78, 5) is 38.7. The van der Waals surface area contributed by atoms with Gasteiger partial charge in [-0.3, -0.25) is 24.5 Å². The first-order valence-electron chi connectivity index (χ1n) is 18.6. The summed E-state index contributed by atoms with van der Waals surface area (Å²) in [5, 5.41) is 14.7. The molecular formula is C40H44N6O10S2. The molecule has 4 heterocycles. The molecule has 306 valence electrons. The molecule has 0 saturated carbocycles. The summed E-state index contributed by atoms with van der Waals surface area (Å²) >= 11 is 5.67. The fourth-order valence-electron chi connectivity index (χ4n) is 7.01. The van der Waals surface area contributed by atoms with Crippen LogP contribution in [-0.4, -0.2) is 113 Å². The zero-order valence-corrected chi connectivity index (χ0v) is 33.9. The quantitative estimate of drug-likeness (QED) is 0.122. The van der Waals surface area contributed by atoms with Gasteiger partial charge in [-0.1, -0.05) is 68.4 Å². The van der Waals surface area contributed by atoms with Gasteiger partial charge in [-0.2, -0.15) is 4.98 Å². The van der Waals surface area contributed by atoms with E-state index < -0.39 is 51.5 Å². The Bertz CT molecular complexity index is 2360. The summed E-state index contributed by atoms with van der Waals surface area (Å²) in [6, 6.07) is 24.6. The monoisotopic (exact) mass is 832 g/mol. The molecule has 18 heteroatoms. The fraction of sp³-hybridized carbons (Fsp3) is 0.375. The van der Waals surface area contributed by atoms with Gasteiger partial charge in [-0.05, 0) is 53.2 Å². The normalized spacial score (nSPS) is 20.6. The van der Waals surface area contributed by atoms with E-state index in [1.54, 1.807) is 33.0 Å². The number of H-pyrrole nitrogens is 1. The molecule has 5 aromatic rings. The molecule has 3 N–H and O–H groups in total. The molecule has 2 aliphatic rings. The summed E-state index contributed by atoms with van der Waals surface area (Å²) in [5.41, 5.74) is 0.404. The number of nitrogens with one attached hydrogen (secondary N) is 2. The van der Waals surface area contributed by atoms with Crippen LogP contribution in [0.15, 0.2) is 90.0 Å². The number of sulfone groups is 1. The number of hydrogen-bond donors (Lipinski definition) is 3. The predicted octanol–water partition coefficient (Wildman–Crippen LogP) is 3.40. The zero-order valence-electron chi connectivity index (χ0n) is 32.2. The van der Waals surface area contributed by atoms with Crippen LogP contribution in [0, 0.1) is 5.92 Å². The first-order chi connectivity index (χ1) is 27.8. The minimum absolute atomic E-state index is 0.0377. The van der Waals surface area contributed by atoms with Gasteiger partial charge >= 0.3 is 0 Å². The van der Waals surface area contributed by atoms with E-state index in [0.29, 0.717) is 11.5 Å². The minimum Gasteiger partial charge on any atom is -0.497 e. The summed E-state index contributed by atoms with van der Waals surface area (Å²) in [6.45, 7) is 3.41. The number of aromatic amines is 1. The number of aliphatic hydroxyl groups is 1. The number of carbonyl (C=O) groups is 1. The van der Waals surface area contributed by atoms with Crippen molar-refractivity contribution < 1.29 is 42.0 Å². The summed E-state index contributed by atoms with van der Waals surface area (Å²) < 4.78 is 56.8. The smallest absolute Gasteiger partial charge is 0.280 e. The van der Waals surface area contributed by atoms with Crippen LogP contribution >= 0.6 is 12.2 Å². The van der Waals surface area contributed by atoms with Gasteiger partial charge in [0.05, 0.1) is 38.7 Å². The van der Waals surface area contributed by atoms with Crippen LogP contribution in [0.25, 0.3) is 11.2 Å². The van der Waals surface area contributed by atoms with Crippen molar-refractivity contribution in [1.82, 2.24) is 24.4 Å². The van der Waals surface area contributed by atoms with E-state index in [1.807, 2.05) is 78.9 Å². The number of aromatic nitrogens is 4. The molecule has 0 bridgehead atoms. The first kappa shape index (κ1) is 40.8. The molecule has 1 unspecified atom stereocenters. The highest BCUT2D eigenvalue weighted by Gasteiger charge is 2.50. The lowest BCUT2D eigenvalue weighted by Gasteiger charge is -2.37. The standard InChI is InChI=1S/C40H44N6O10S2/c1-24(2)35(48)43-38-42-34-31(36(49)44-38)41-23-46(34)37-33(56-39(57)45-18-20-58(50,51)21-19-45)32(47)30(55-37)22-54-40(25-8-6-5-7-9-25,26-10-14-28(52-3)15-11-26)27-12-16-29(53-4)17-13-27/h5-17,23-24,30,32-33,37,47H,18-22H2,1-4H3,(H2,42,43,44,48,49)/t30-,32+,33?,37-/m1/s1. The molecular weight excluding hydrogens is 789 g/mol. The van der Waals surface area contributed by atoms with Crippen molar-refractivity contribution in [3.8, 4) is 11.5 Å². The van der Waals surface area contributed by atoms with Gasteiger partial charge in [-0.25, -0.2) is 13.4 Å². The number of methoxy groups -OCH3 is 2. The van der Waals surface area contributed by atoms with E-state index in [4.69, 9.17) is 35.9 Å². The third-order valence-electron chi connectivity index (χ3n) is 10.3. The van der Waals surface area contributed by atoms with Crippen molar-refractivity contribution in [2.45, 2.75) is 44.0 Å². The molecule has 2 aromatic heterocycles. The van der Waals surface area contributed by atoms with Crippen LogP contribution in [0.3, 0.4) is 0 Å². The predicted molar refractivity (Wildman–Crippen MR) is 217 cm³/mol. The topological polar surface area (TPSA) is 196 Å². The number of anilines is 1. The number of ether oxygens (including phenoxy) is 5. The number of fused-ring (bicyclic) bond motifs is 1. The molecule has 58 heavy (non-hydrogen) atoms. The van der Waals surface area contributed by atoms with Gasteiger partial charge in [-0.15, -0.1) is 0 Å². The largest absolute Gasteiger partial charge is 0.497 e. The van der Waals surface area contributed by atoms with Gasteiger partial charge in [0, 0.05) is 19.0 Å². The Kier molecular flexibility index (Phi) is 11.8. The average molecular weight is 833 g/mol. The maximum Gasteiger partial charge on any atom is 0.280 e. The first-order valence-corrected chi connectivity index (χ1v) is 20.8. The number of imidazole rings is 1. The Morgan fingerprint density at radius 2 is 1.57 bits per heavy atom. The van der Waals surface area contributed by atoms with Gasteiger partial charge in [0.1, 0.15) is 29.3 Å². The second-order valence-corrected chi connectivity index (χ2v) is 16.9. The highest BCUT2D eigenvalue weighted by Crippen LogP contribution is 2.43. The van der Waals surface area contributed by atoms with Crippen molar-refractivity contribution in [2.75, 3.05) is 50.7 Å². The van der Waals surface area contributed by atoms with Crippen molar-refractivity contribution in [1.29, 1.82) is 0 Å². The minimum atomic E-state index is -3.23. The van der Waals surface area contributed by atoms with Crippen molar-refractivity contribution in [2.24, 2.45) is 5.92 Å². The van der Waals surface area contributed by atoms with Crippen LogP contribution in [0.4, 0.5) is 5.95 Å². The number of carbonyl (C=O) groups excluding carboxylic acids is 1. The van der Waals surface area contributed by atoms with Gasteiger partial charge < -0.3 is 33.7 Å². The maximum absolute atomic E-state index is 13.2. The highest BCUT2D eigenvalue weighted by atomic mass is 32.2. The van der Waals surface area contributed by atoms with E-state index in [1.165, 1.54) is 10.9 Å². The van der Waals surface area contributed by atoms with E-state index in [2.05, 4.69) is 20.3 Å². The Labute approximate surface area is 340 Å². The zero-order chi connectivity index (χ0) is 41.2. The lowest BCUT2D eigenvalue weighted by molar-refractivity contribution is -0.118. The number of rotatable bonds is 12.